The molecule has 0 aliphatic heterocycles. The molecule has 0 aliphatic rings. The molecule has 2 aromatic carbocycles. The lowest BCUT2D eigenvalue weighted by molar-refractivity contribution is 0.242. The Bertz CT molecular complexity index is 523. The molecule has 0 spiro atoms. The zero-order chi connectivity index (χ0) is 12.8. The van der Waals surface area contributed by atoms with E-state index in [2.05, 4.69) is 28.8 Å². The van der Waals surface area contributed by atoms with E-state index in [-0.39, 0.29) is 6.03 Å². The number of hydrogen-bond donors (Lipinski definition) is 2. The lowest BCUT2D eigenvalue weighted by atomic mass is 10.00. The third kappa shape index (κ3) is 2.88. The van der Waals surface area contributed by atoms with Gasteiger partial charge in [0.25, 0.3) is 0 Å². The third-order valence-electron chi connectivity index (χ3n) is 2.77. The first kappa shape index (κ1) is 12.2. The van der Waals surface area contributed by atoms with Crippen molar-refractivity contribution < 1.29 is 4.79 Å². The highest BCUT2D eigenvalue weighted by atomic mass is 16.2. The second-order valence-electron chi connectivity index (χ2n) is 3.96. The molecular weight excluding hydrogens is 224 g/mol. The van der Waals surface area contributed by atoms with Gasteiger partial charge < -0.3 is 10.6 Å². The van der Waals surface area contributed by atoms with E-state index >= 15 is 0 Å². The van der Waals surface area contributed by atoms with Crippen molar-refractivity contribution in [1.29, 1.82) is 0 Å². The van der Waals surface area contributed by atoms with Crippen molar-refractivity contribution in [2.24, 2.45) is 0 Å². The molecule has 2 aromatic rings. The summed E-state index contributed by atoms with van der Waals surface area (Å²) in [4.78, 5) is 11.2. The van der Waals surface area contributed by atoms with Gasteiger partial charge in [-0.25, -0.2) is 4.79 Å². The molecule has 3 nitrogen and oxygen atoms in total. The zero-order valence-corrected chi connectivity index (χ0v) is 10.3. The van der Waals surface area contributed by atoms with Gasteiger partial charge in [-0.1, -0.05) is 54.6 Å². The van der Waals surface area contributed by atoms with Crippen LogP contribution in [0.5, 0.6) is 0 Å². The van der Waals surface area contributed by atoms with Gasteiger partial charge in [-0.05, 0) is 16.7 Å². The average molecular weight is 240 g/mol. The number of carbonyl (C=O) groups excluding carboxylic acids is 1. The SMILES string of the molecule is CNC(=O)NCc1ccccc1-c1ccccc1. The fourth-order valence-electron chi connectivity index (χ4n) is 1.84. The topological polar surface area (TPSA) is 41.1 Å². The lowest BCUT2D eigenvalue weighted by Crippen LogP contribution is -2.32. The largest absolute Gasteiger partial charge is 0.341 e. The Kier molecular flexibility index (Phi) is 3.97. The molecule has 92 valence electrons. The molecule has 18 heavy (non-hydrogen) atoms. The second-order valence-corrected chi connectivity index (χ2v) is 3.96. The van der Waals surface area contributed by atoms with E-state index in [0.717, 1.165) is 16.7 Å². The van der Waals surface area contributed by atoms with E-state index in [0.29, 0.717) is 6.54 Å². The van der Waals surface area contributed by atoms with Crippen LogP contribution in [0.4, 0.5) is 4.79 Å². The fraction of sp³-hybridized carbons (Fsp3) is 0.133. The lowest BCUT2D eigenvalue weighted by Gasteiger charge is -2.10. The Balaban J connectivity index is 2.24. The van der Waals surface area contributed by atoms with E-state index in [4.69, 9.17) is 0 Å². The minimum Gasteiger partial charge on any atom is -0.341 e. The number of rotatable bonds is 3. The minimum atomic E-state index is -0.169. The first-order chi connectivity index (χ1) is 8.81. The summed E-state index contributed by atoms with van der Waals surface area (Å²) >= 11 is 0. The van der Waals surface area contributed by atoms with E-state index in [1.54, 1.807) is 7.05 Å². The van der Waals surface area contributed by atoms with Crippen LogP contribution in [0.25, 0.3) is 11.1 Å². The van der Waals surface area contributed by atoms with E-state index in [1.807, 2.05) is 36.4 Å². The van der Waals surface area contributed by atoms with Crippen LogP contribution in [0.15, 0.2) is 54.6 Å². The highest BCUT2D eigenvalue weighted by Gasteiger charge is 2.04. The molecule has 0 unspecified atom stereocenters. The molecule has 0 aromatic heterocycles. The molecule has 0 aliphatic carbocycles. The van der Waals surface area contributed by atoms with Crippen LogP contribution in [0.3, 0.4) is 0 Å². The van der Waals surface area contributed by atoms with Gasteiger partial charge in [0, 0.05) is 13.6 Å². The van der Waals surface area contributed by atoms with Crippen LogP contribution in [0.1, 0.15) is 5.56 Å². The summed E-state index contributed by atoms with van der Waals surface area (Å²) in [6.07, 6.45) is 0. The summed E-state index contributed by atoms with van der Waals surface area (Å²) in [6.45, 7) is 0.519. The number of nitrogens with one attached hydrogen (secondary N) is 2. The van der Waals surface area contributed by atoms with Crippen LogP contribution in [0, 0.1) is 0 Å². The van der Waals surface area contributed by atoms with Gasteiger partial charge in [0.15, 0.2) is 0 Å². The van der Waals surface area contributed by atoms with Gasteiger partial charge in [-0.3, -0.25) is 0 Å². The Labute approximate surface area is 107 Å². The molecule has 0 bridgehead atoms. The summed E-state index contributed by atoms with van der Waals surface area (Å²) in [5.41, 5.74) is 3.41. The Morgan fingerprint density at radius 1 is 1.00 bits per heavy atom. The van der Waals surface area contributed by atoms with Crippen molar-refractivity contribution in [3.8, 4) is 11.1 Å². The van der Waals surface area contributed by atoms with Gasteiger partial charge in [0.1, 0.15) is 0 Å². The first-order valence-corrected chi connectivity index (χ1v) is 5.90. The maximum absolute atomic E-state index is 11.2. The normalized spacial score (nSPS) is 9.83. The predicted molar refractivity (Wildman–Crippen MR) is 73.2 cm³/mol. The van der Waals surface area contributed by atoms with Crippen molar-refractivity contribution in [3.05, 3.63) is 60.2 Å². The van der Waals surface area contributed by atoms with Gasteiger partial charge >= 0.3 is 6.03 Å². The summed E-state index contributed by atoms with van der Waals surface area (Å²) in [6, 6.07) is 18.1. The van der Waals surface area contributed by atoms with E-state index in [1.165, 1.54) is 0 Å². The molecule has 0 saturated heterocycles. The molecule has 0 saturated carbocycles. The molecule has 3 heteroatoms. The predicted octanol–water partition coefficient (Wildman–Crippen LogP) is 2.78. The highest BCUT2D eigenvalue weighted by molar-refractivity contribution is 5.74. The van der Waals surface area contributed by atoms with Crippen LogP contribution in [-0.2, 0) is 6.54 Å². The Morgan fingerprint density at radius 3 is 2.39 bits per heavy atom. The summed E-state index contributed by atoms with van der Waals surface area (Å²) in [5, 5.41) is 5.35. The van der Waals surface area contributed by atoms with Crippen LogP contribution >= 0.6 is 0 Å². The van der Waals surface area contributed by atoms with E-state index in [9.17, 15) is 4.79 Å². The first-order valence-electron chi connectivity index (χ1n) is 5.90. The Hall–Kier alpha value is -2.29. The minimum absolute atomic E-state index is 0.169. The Morgan fingerprint density at radius 2 is 1.67 bits per heavy atom. The molecule has 0 heterocycles. The molecule has 0 fully saturated rings. The summed E-state index contributed by atoms with van der Waals surface area (Å²) < 4.78 is 0. The van der Waals surface area contributed by atoms with Crippen molar-refractivity contribution in [2.45, 2.75) is 6.54 Å². The molecule has 2 N–H and O–H groups in total. The van der Waals surface area contributed by atoms with Crippen molar-refractivity contribution in [2.75, 3.05) is 7.05 Å². The third-order valence-corrected chi connectivity index (χ3v) is 2.77. The monoisotopic (exact) mass is 240 g/mol. The standard InChI is InChI=1S/C15H16N2O/c1-16-15(18)17-11-13-9-5-6-10-14(13)12-7-3-2-4-8-12/h2-10H,11H2,1H3,(H2,16,17,18). The number of urea groups is 1. The van der Waals surface area contributed by atoms with Gasteiger partial charge in [-0.15, -0.1) is 0 Å². The summed E-state index contributed by atoms with van der Waals surface area (Å²) in [7, 11) is 1.61. The molecule has 2 amide bonds. The quantitative estimate of drug-likeness (QED) is 0.851. The van der Waals surface area contributed by atoms with Crippen LogP contribution in [-0.4, -0.2) is 13.1 Å². The molecular formula is C15H16N2O. The fourth-order valence-corrected chi connectivity index (χ4v) is 1.84. The average Bonchev–Trinajstić information content (AvgIpc) is 2.46. The molecule has 2 rings (SSSR count). The maximum atomic E-state index is 11.2. The number of amides is 2. The molecule has 0 radical (unpaired) electrons. The molecule has 0 atom stereocenters. The van der Waals surface area contributed by atoms with Gasteiger partial charge in [0.05, 0.1) is 0 Å². The number of benzene rings is 2. The van der Waals surface area contributed by atoms with Gasteiger partial charge in [-0.2, -0.15) is 0 Å². The van der Waals surface area contributed by atoms with Crippen LogP contribution in [0.2, 0.25) is 0 Å². The van der Waals surface area contributed by atoms with E-state index < -0.39 is 0 Å². The smallest absolute Gasteiger partial charge is 0.314 e. The van der Waals surface area contributed by atoms with Gasteiger partial charge in [0.2, 0.25) is 0 Å². The number of hydrogen-bond acceptors (Lipinski definition) is 1. The zero-order valence-electron chi connectivity index (χ0n) is 10.3. The van der Waals surface area contributed by atoms with Crippen molar-refractivity contribution in [1.82, 2.24) is 10.6 Å². The highest BCUT2D eigenvalue weighted by Crippen LogP contribution is 2.23. The second kappa shape index (κ2) is 5.87. The number of carbonyl (C=O) groups is 1. The summed E-state index contributed by atoms with van der Waals surface area (Å²) in [5.74, 6) is 0. The van der Waals surface area contributed by atoms with Crippen molar-refractivity contribution >= 4 is 6.03 Å². The maximum Gasteiger partial charge on any atom is 0.314 e. The van der Waals surface area contributed by atoms with Crippen LogP contribution < -0.4 is 10.6 Å². The van der Waals surface area contributed by atoms with Crippen molar-refractivity contribution in [3.63, 3.8) is 0 Å².